The lowest BCUT2D eigenvalue weighted by atomic mass is 10.2. The van der Waals surface area contributed by atoms with Crippen molar-refractivity contribution in [1.82, 2.24) is 4.98 Å². The van der Waals surface area contributed by atoms with Gasteiger partial charge in [0.05, 0.1) is 31.1 Å². The molecule has 1 heterocycles. The summed E-state index contributed by atoms with van der Waals surface area (Å²) in [5.74, 6) is 0. The molecule has 0 amide bonds. The number of hydrogen-bond donors (Lipinski definition) is 1. The highest BCUT2D eigenvalue weighted by atomic mass is 32.1. The summed E-state index contributed by atoms with van der Waals surface area (Å²) in [6.45, 7) is 7.70. The Balaban J connectivity index is 2.31. The summed E-state index contributed by atoms with van der Waals surface area (Å²) in [4.78, 5) is 4.37. The van der Waals surface area contributed by atoms with E-state index < -0.39 is 0 Å². The molecule has 0 aliphatic heterocycles. The summed E-state index contributed by atoms with van der Waals surface area (Å²) in [6.07, 6.45) is 1.68. The van der Waals surface area contributed by atoms with Gasteiger partial charge < -0.3 is 15.2 Å². The van der Waals surface area contributed by atoms with E-state index in [1.54, 1.807) is 6.20 Å². The average Bonchev–Trinajstić information content (AvgIpc) is 2.27. The lowest BCUT2D eigenvalue weighted by Crippen LogP contribution is -2.21. The van der Waals surface area contributed by atoms with E-state index in [1.165, 1.54) is 0 Å². The van der Waals surface area contributed by atoms with Crippen molar-refractivity contribution in [2.45, 2.75) is 33.0 Å². The fraction of sp³-hybridized carbons (Fsp3) is 0.538. The highest BCUT2D eigenvalue weighted by Crippen LogP contribution is 2.07. The maximum absolute atomic E-state index is 5.55. The summed E-state index contributed by atoms with van der Waals surface area (Å²) in [5, 5.41) is 0. The number of thiocarbonyl (C=S) groups is 1. The Kier molecular flexibility index (Phi) is 5.65. The van der Waals surface area contributed by atoms with E-state index in [4.69, 9.17) is 27.4 Å². The topological polar surface area (TPSA) is 57.4 Å². The molecule has 1 rings (SSSR count). The third kappa shape index (κ3) is 6.05. The van der Waals surface area contributed by atoms with Crippen molar-refractivity contribution in [3.63, 3.8) is 0 Å². The van der Waals surface area contributed by atoms with Gasteiger partial charge in [-0.05, 0) is 38.5 Å². The second kappa shape index (κ2) is 6.78. The molecule has 0 aromatic carbocycles. The molecule has 18 heavy (non-hydrogen) atoms. The van der Waals surface area contributed by atoms with Crippen molar-refractivity contribution in [1.29, 1.82) is 0 Å². The van der Waals surface area contributed by atoms with Crippen LogP contribution in [-0.2, 0) is 16.1 Å². The van der Waals surface area contributed by atoms with E-state index >= 15 is 0 Å². The number of ether oxygens (including phenoxy) is 2. The molecule has 1 aromatic rings. The van der Waals surface area contributed by atoms with Crippen LogP contribution in [-0.4, -0.2) is 28.8 Å². The first-order valence-corrected chi connectivity index (χ1v) is 6.26. The number of aromatic nitrogens is 1. The van der Waals surface area contributed by atoms with Crippen LogP contribution in [0.1, 0.15) is 32.0 Å². The van der Waals surface area contributed by atoms with Crippen molar-refractivity contribution in [3.05, 3.63) is 29.6 Å². The first-order valence-electron chi connectivity index (χ1n) is 5.85. The van der Waals surface area contributed by atoms with Crippen molar-refractivity contribution >= 4 is 17.2 Å². The largest absolute Gasteiger partial charge is 0.388 e. The number of nitrogens with zero attached hydrogens (tertiary/aromatic N) is 1. The summed E-state index contributed by atoms with van der Waals surface area (Å²) in [6, 6.07) is 3.72. The van der Waals surface area contributed by atoms with Crippen LogP contribution in [0.25, 0.3) is 0 Å². The van der Waals surface area contributed by atoms with Crippen molar-refractivity contribution in [2.24, 2.45) is 5.73 Å². The van der Waals surface area contributed by atoms with Crippen LogP contribution >= 0.6 is 12.2 Å². The van der Waals surface area contributed by atoms with E-state index in [-0.39, 0.29) is 5.60 Å². The molecule has 0 unspecified atom stereocenters. The second-order valence-corrected chi connectivity index (χ2v) is 5.37. The lowest BCUT2D eigenvalue weighted by molar-refractivity contribution is -0.0376. The fourth-order valence-electron chi connectivity index (χ4n) is 1.30. The van der Waals surface area contributed by atoms with Crippen LogP contribution in [0.4, 0.5) is 0 Å². The van der Waals surface area contributed by atoms with Gasteiger partial charge in [0, 0.05) is 6.20 Å². The SMILES string of the molecule is CC(C)(C)OCCOCc1ccnc(C(N)=S)c1. The normalized spacial score (nSPS) is 11.5. The molecule has 0 saturated carbocycles. The van der Waals surface area contributed by atoms with Gasteiger partial charge in [0.1, 0.15) is 4.99 Å². The van der Waals surface area contributed by atoms with Gasteiger partial charge in [0.15, 0.2) is 0 Å². The van der Waals surface area contributed by atoms with Gasteiger partial charge in [0.2, 0.25) is 0 Å². The number of pyridine rings is 1. The molecule has 0 bridgehead atoms. The molecule has 2 N–H and O–H groups in total. The van der Waals surface area contributed by atoms with Gasteiger partial charge in [-0.1, -0.05) is 12.2 Å². The van der Waals surface area contributed by atoms with Gasteiger partial charge in [-0.25, -0.2) is 0 Å². The molecular weight excluding hydrogens is 248 g/mol. The first kappa shape index (κ1) is 15.0. The van der Waals surface area contributed by atoms with Crippen molar-refractivity contribution < 1.29 is 9.47 Å². The quantitative estimate of drug-likeness (QED) is 0.632. The Bertz CT molecular complexity index is 402. The second-order valence-electron chi connectivity index (χ2n) is 4.93. The highest BCUT2D eigenvalue weighted by Gasteiger charge is 2.09. The van der Waals surface area contributed by atoms with Crippen LogP contribution in [0.5, 0.6) is 0 Å². The van der Waals surface area contributed by atoms with E-state index in [0.717, 1.165) is 5.56 Å². The van der Waals surface area contributed by atoms with Crippen molar-refractivity contribution in [2.75, 3.05) is 13.2 Å². The van der Waals surface area contributed by atoms with E-state index in [1.807, 2.05) is 32.9 Å². The molecule has 5 heteroatoms. The van der Waals surface area contributed by atoms with Gasteiger partial charge in [-0.2, -0.15) is 0 Å². The van der Waals surface area contributed by atoms with Gasteiger partial charge in [-0.15, -0.1) is 0 Å². The zero-order chi connectivity index (χ0) is 13.6. The van der Waals surface area contributed by atoms with Gasteiger partial charge in [-0.3, -0.25) is 4.98 Å². The Morgan fingerprint density at radius 3 is 2.72 bits per heavy atom. The van der Waals surface area contributed by atoms with Crippen LogP contribution in [0.3, 0.4) is 0 Å². The molecule has 0 saturated heterocycles. The molecule has 0 aliphatic carbocycles. The Labute approximate surface area is 113 Å². The number of nitrogens with two attached hydrogens (primary N) is 1. The molecule has 0 atom stereocenters. The van der Waals surface area contributed by atoms with Gasteiger partial charge >= 0.3 is 0 Å². The number of hydrogen-bond acceptors (Lipinski definition) is 4. The minimum Gasteiger partial charge on any atom is -0.388 e. The molecular formula is C13H20N2O2S. The standard InChI is InChI=1S/C13H20N2O2S/c1-13(2,3)17-7-6-16-9-10-4-5-15-11(8-10)12(14)18/h4-5,8H,6-7,9H2,1-3H3,(H2,14,18). The van der Waals surface area contributed by atoms with E-state index in [9.17, 15) is 0 Å². The summed E-state index contributed by atoms with van der Waals surface area (Å²) < 4.78 is 11.1. The van der Waals surface area contributed by atoms with Crippen LogP contribution < -0.4 is 5.73 Å². The third-order valence-electron chi connectivity index (χ3n) is 2.11. The van der Waals surface area contributed by atoms with Crippen LogP contribution in [0, 0.1) is 0 Å². The molecule has 0 aliphatic rings. The minimum atomic E-state index is -0.126. The Morgan fingerprint density at radius 2 is 2.11 bits per heavy atom. The zero-order valence-corrected chi connectivity index (χ0v) is 11.9. The Morgan fingerprint density at radius 1 is 1.39 bits per heavy atom. The lowest BCUT2D eigenvalue weighted by Gasteiger charge is -2.19. The smallest absolute Gasteiger partial charge is 0.122 e. The van der Waals surface area contributed by atoms with E-state index in [0.29, 0.717) is 30.5 Å². The molecule has 0 spiro atoms. The minimum absolute atomic E-state index is 0.126. The summed E-state index contributed by atoms with van der Waals surface area (Å²) >= 11 is 4.87. The molecule has 4 nitrogen and oxygen atoms in total. The monoisotopic (exact) mass is 268 g/mol. The summed E-state index contributed by atoms with van der Waals surface area (Å²) in [5.41, 5.74) is 7.01. The third-order valence-corrected chi connectivity index (χ3v) is 2.32. The molecule has 0 radical (unpaired) electrons. The molecule has 1 aromatic heterocycles. The first-order chi connectivity index (χ1) is 8.38. The van der Waals surface area contributed by atoms with Gasteiger partial charge in [0.25, 0.3) is 0 Å². The van der Waals surface area contributed by atoms with E-state index in [2.05, 4.69) is 4.98 Å². The summed E-state index contributed by atoms with van der Waals surface area (Å²) in [7, 11) is 0. The predicted molar refractivity (Wildman–Crippen MR) is 75.5 cm³/mol. The van der Waals surface area contributed by atoms with Crippen molar-refractivity contribution in [3.8, 4) is 0 Å². The number of rotatable bonds is 6. The maximum Gasteiger partial charge on any atom is 0.122 e. The molecule has 0 fully saturated rings. The Hall–Kier alpha value is -1.04. The maximum atomic E-state index is 5.55. The zero-order valence-electron chi connectivity index (χ0n) is 11.1. The molecule has 100 valence electrons. The average molecular weight is 268 g/mol. The van der Waals surface area contributed by atoms with Crippen LogP contribution in [0.2, 0.25) is 0 Å². The predicted octanol–water partition coefficient (Wildman–Crippen LogP) is 2.05. The van der Waals surface area contributed by atoms with Crippen LogP contribution in [0.15, 0.2) is 18.3 Å². The fourth-order valence-corrected chi connectivity index (χ4v) is 1.41. The highest BCUT2D eigenvalue weighted by molar-refractivity contribution is 7.80.